The quantitative estimate of drug-likeness (QED) is 0.929. The number of amides is 1. The van der Waals surface area contributed by atoms with Gasteiger partial charge in [0, 0.05) is 24.4 Å². The number of aromatic nitrogens is 1. The van der Waals surface area contributed by atoms with Crippen LogP contribution in [0.4, 0.5) is 5.82 Å². The molecule has 102 valence electrons. The van der Waals surface area contributed by atoms with Crippen LogP contribution in [0, 0.1) is 0 Å². The Hall–Kier alpha value is -2.10. The number of hydrogen-bond donors (Lipinski definition) is 1. The van der Waals surface area contributed by atoms with E-state index in [1.54, 1.807) is 0 Å². The lowest BCUT2D eigenvalue weighted by atomic mass is 10.2. The zero-order valence-corrected chi connectivity index (χ0v) is 11.2. The van der Waals surface area contributed by atoms with E-state index in [0.717, 1.165) is 23.3 Å². The van der Waals surface area contributed by atoms with Crippen LogP contribution in [0.5, 0.6) is 0 Å². The monoisotopic (exact) mass is 267 g/mol. The van der Waals surface area contributed by atoms with Gasteiger partial charge in [-0.1, -0.05) is 18.2 Å². The summed E-state index contributed by atoms with van der Waals surface area (Å²) in [7, 11) is 0. The second-order valence-electron chi connectivity index (χ2n) is 5.71. The lowest BCUT2D eigenvalue weighted by molar-refractivity contribution is -0.128. The van der Waals surface area contributed by atoms with Crippen LogP contribution in [0.1, 0.15) is 19.3 Å². The van der Waals surface area contributed by atoms with Crippen molar-refractivity contribution in [1.29, 1.82) is 0 Å². The highest BCUT2D eigenvalue weighted by Crippen LogP contribution is 2.31. The fraction of sp³-hybridized carbons (Fsp3) is 0.375. The fourth-order valence-electron chi connectivity index (χ4n) is 2.92. The number of hydrogen-bond acceptors (Lipinski definition) is 3. The number of nitrogens with zero attached hydrogens (tertiary/aromatic N) is 2. The molecule has 20 heavy (non-hydrogen) atoms. The SMILES string of the molecule is O=C1CC(Nc2ccc3ccccc3n2)CN1C1CC1. The maximum atomic E-state index is 11.9. The molecule has 1 atom stereocenters. The minimum atomic E-state index is 0.191. The van der Waals surface area contributed by atoms with E-state index in [-0.39, 0.29) is 11.9 Å². The average Bonchev–Trinajstić information content (AvgIpc) is 3.23. The molecule has 4 nitrogen and oxygen atoms in total. The van der Waals surface area contributed by atoms with E-state index in [2.05, 4.69) is 22.4 Å². The number of nitrogens with one attached hydrogen (secondary N) is 1. The van der Waals surface area contributed by atoms with Crippen LogP contribution in [0.15, 0.2) is 36.4 Å². The van der Waals surface area contributed by atoms with Crippen molar-refractivity contribution >= 4 is 22.6 Å². The molecule has 2 aliphatic rings. The predicted octanol–water partition coefficient (Wildman–Crippen LogP) is 2.41. The topological polar surface area (TPSA) is 45.2 Å². The number of carbonyl (C=O) groups excluding carboxylic acids is 1. The summed E-state index contributed by atoms with van der Waals surface area (Å²) >= 11 is 0. The summed E-state index contributed by atoms with van der Waals surface area (Å²) in [6.07, 6.45) is 2.93. The highest BCUT2D eigenvalue weighted by molar-refractivity contribution is 5.82. The normalized spacial score (nSPS) is 22.5. The van der Waals surface area contributed by atoms with E-state index in [1.165, 1.54) is 12.8 Å². The van der Waals surface area contributed by atoms with Gasteiger partial charge in [0.15, 0.2) is 0 Å². The summed E-state index contributed by atoms with van der Waals surface area (Å²) in [5.74, 6) is 1.14. The summed E-state index contributed by atoms with van der Waals surface area (Å²) in [6.45, 7) is 0.817. The summed E-state index contributed by atoms with van der Waals surface area (Å²) in [5, 5.41) is 4.54. The molecule has 1 saturated carbocycles. The third-order valence-corrected chi connectivity index (χ3v) is 4.10. The van der Waals surface area contributed by atoms with Crippen molar-refractivity contribution in [3.05, 3.63) is 36.4 Å². The lowest BCUT2D eigenvalue weighted by Gasteiger charge is -2.16. The molecular weight excluding hydrogens is 250 g/mol. The van der Waals surface area contributed by atoms with E-state index < -0.39 is 0 Å². The van der Waals surface area contributed by atoms with Gasteiger partial charge in [0.05, 0.1) is 11.6 Å². The molecule has 1 aromatic heterocycles. The minimum absolute atomic E-state index is 0.191. The Balaban J connectivity index is 1.51. The van der Waals surface area contributed by atoms with E-state index in [1.807, 2.05) is 29.2 Å². The maximum absolute atomic E-state index is 11.9. The van der Waals surface area contributed by atoms with E-state index in [9.17, 15) is 4.79 Å². The van der Waals surface area contributed by atoms with Gasteiger partial charge in [-0.05, 0) is 31.0 Å². The third kappa shape index (κ3) is 2.11. The molecule has 1 amide bonds. The average molecular weight is 267 g/mol. The van der Waals surface area contributed by atoms with Gasteiger partial charge in [0.25, 0.3) is 0 Å². The van der Waals surface area contributed by atoms with Crippen LogP contribution in [-0.4, -0.2) is 34.4 Å². The van der Waals surface area contributed by atoms with Gasteiger partial charge in [-0.15, -0.1) is 0 Å². The highest BCUT2D eigenvalue weighted by atomic mass is 16.2. The number of likely N-dealkylation sites (tertiary alicyclic amines) is 1. The lowest BCUT2D eigenvalue weighted by Crippen LogP contribution is -2.29. The Kier molecular flexibility index (Phi) is 2.62. The van der Waals surface area contributed by atoms with Crippen molar-refractivity contribution in [3.63, 3.8) is 0 Å². The number of pyridine rings is 1. The zero-order chi connectivity index (χ0) is 13.5. The van der Waals surface area contributed by atoms with Crippen LogP contribution < -0.4 is 5.32 Å². The van der Waals surface area contributed by atoms with Gasteiger partial charge >= 0.3 is 0 Å². The van der Waals surface area contributed by atoms with Gasteiger partial charge in [0.1, 0.15) is 5.82 Å². The third-order valence-electron chi connectivity index (χ3n) is 4.10. The fourth-order valence-corrected chi connectivity index (χ4v) is 2.92. The number of rotatable bonds is 3. The molecule has 1 N–H and O–H groups in total. The standard InChI is InChI=1S/C16H17N3O/c20-16-9-12(10-19(16)13-6-7-13)17-15-8-5-11-3-1-2-4-14(11)18-15/h1-5,8,12-13H,6-7,9-10H2,(H,17,18). The first kappa shape index (κ1) is 11.7. The Morgan fingerprint density at radius 1 is 1.15 bits per heavy atom. The van der Waals surface area contributed by atoms with Crippen LogP contribution in [0.2, 0.25) is 0 Å². The summed E-state index contributed by atoms with van der Waals surface area (Å²) < 4.78 is 0. The first-order valence-corrected chi connectivity index (χ1v) is 7.21. The molecule has 4 heteroatoms. The molecule has 1 saturated heterocycles. The second kappa shape index (κ2) is 4.47. The molecule has 4 rings (SSSR count). The minimum Gasteiger partial charge on any atom is -0.365 e. The van der Waals surface area contributed by atoms with Crippen molar-refractivity contribution in [2.24, 2.45) is 0 Å². The molecule has 0 radical (unpaired) electrons. The van der Waals surface area contributed by atoms with Gasteiger partial charge < -0.3 is 10.2 Å². The van der Waals surface area contributed by atoms with Crippen LogP contribution in [0.3, 0.4) is 0 Å². The number of fused-ring (bicyclic) bond motifs is 1. The Labute approximate surface area is 117 Å². The van der Waals surface area contributed by atoms with Crippen molar-refractivity contribution < 1.29 is 4.79 Å². The summed E-state index contributed by atoms with van der Waals surface area (Å²) in [5.41, 5.74) is 0.987. The van der Waals surface area contributed by atoms with Crippen LogP contribution in [-0.2, 0) is 4.79 Å². The Morgan fingerprint density at radius 2 is 2.00 bits per heavy atom. The Morgan fingerprint density at radius 3 is 2.85 bits per heavy atom. The Bertz CT molecular complexity index is 666. The van der Waals surface area contributed by atoms with E-state index in [4.69, 9.17) is 0 Å². The number of para-hydroxylation sites is 1. The molecular formula is C16H17N3O. The smallest absolute Gasteiger partial charge is 0.225 e. The largest absolute Gasteiger partial charge is 0.365 e. The molecule has 2 aromatic rings. The van der Waals surface area contributed by atoms with Gasteiger partial charge in [-0.25, -0.2) is 4.98 Å². The van der Waals surface area contributed by atoms with E-state index >= 15 is 0 Å². The first-order valence-electron chi connectivity index (χ1n) is 7.21. The van der Waals surface area contributed by atoms with Gasteiger partial charge in [-0.2, -0.15) is 0 Å². The second-order valence-corrected chi connectivity index (χ2v) is 5.71. The number of anilines is 1. The molecule has 1 aliphatic carbocycles. The van der Waals surface area contributed by atoms with E-state index in [0.29, 0.717) is 12.5 Å². The van der Waals surface area contributed by atoms with Gasteiger partial charge in [0.2, 0.25) is 5.91 Å². The van der Waals surface area contributed by atoms with Crippen molar-refractivity contribution in [2.45, 2.75) is 31.3 Å². The molecule has 0 bridgehead atoms. The molecule has 1 unspecified atom stereocenters. The molecule has 0 spiro atoms. The molecule has 1 aromatic carbocycles. The maximum Gasteiger partial charge on any atom is 0.225 e. The zero-order valence-electron chi connectivity index (χ0n) is 11.2. The summed E-state index contributed by atoms with van der Waals surface area (Å²) in [4.78, 5) is 18.6. The van der Waals surface area contributed by atoms with Crippen molar-refractivity contribution in [2.75, 3.05) is 11.9 Å². The number of carbonyl (C=O) groups is 1. The molecule has 1 aliphatic heterocycles. The van der Waals surface area contributed by atoms with Crippen molar-refractivity contribution in [3.8, 4) is 0 Å². The van der Waals surface area contributed by atoms with Crippen LogP contribution in [0.25, 0.3) is 10.9 Å². The predicted molar refractivity (Wildman–Crippen MR) is 78.5 cm³/mol. The number of benzene rings is 1. The summed E-state index contributed by atoms with van der Waals surface area (Å²) in [6, 6.07) is 12.8. The molecule has 2 fully saturated rings. The van der Waals surface area contributed by atoms with Crippen LogP contribution >= 0.6 is 0 Å². The van der Waals surface area contributed by atoms with Crippen molar-refractivity contribution in [1.82, 2.24) is 9.88 Å². The first-order chi connectivity index (χ1) is 9.79. The van der Waals surface area contributed by atoms with Gasteiger partial charge in [-0.3, -0.25) is 4.79 Å². The molecule has 2 heterocycles. The highest BCUT2D eigenvalue weighted by Gasteiger charge is 2.39.